The number of allylic oxidation sites excluding steroid dienone is 1. The first-order valence-electron chi connectivity index (χ1n) is 4.83. The van der Waals surface area contributed by atoms with Gasteiger partial charge >= 0.3 is 11.9 Å². The van der Waals surface area contributed by atoms with Crippen molar-refractivity contribution < 1.29 is 14.3 Å². The van der Waals surface area contributed by atoms with Gasteiger partial charge in [-0.1, -0.05) is 26.0 Å². The SMILES string of the molecule is C=C1CC[C@@]2(CC(=O)OC2=O)C1(C)C. The van der Waals surface area contributed by atoms with Gasteiger partial charge in [-0.2, -0.15) is 0 Å². The number of carbonyl (C=O) groups excluding carboxylic acids is 2. The summed E-state index contributed by atoms with van der Waals surface area (Å²) in [6.45, 7) is 7.92. The predicted octanol–water partition coefficient (Wildman–Crippen LogP) is 1.82. The second kappa shape index (κ2) is 2.47. The summed E-state index contributed by atoms with van der Waals surface area (Å²) in [5, 5.41) is 0. The number of esters is 2. The van der Waals surface area contributed by atoms with Crippen LogP contribution in [0.4, 0.5) is 0 Å². The van der Waals surface area contributed by atoms with E-state index in [4.69, 9.17) is 0 Å². The molecule has 1 saturated heterocycles. The van der Waals surface area contributed by atoms with Crippen molar-refractivity contribution in [2.75, 3.05) is 0 Å². The van der Waals surface area contributed by atoms with Crippen LogP contribution >= 0.6 is 0 Å². The topological polar surface area (TPSA) is 43.4 Å². The summed E-state index contributed by atoms with van der Waals surface area (Å²) in [6.07, 6.45) is 1.73. The first-order chi connectivity index (χ1) is 6.40. The van der Waals surface area contributed by atoms with Gasteiger partial charge in [-0.25, -0.2) is 0 Å². The van der Waals surface area contributed by atoms with Crippen LogP contribution in [0.2, 0.25) is 0 Å². The summed E-state index contributed by atoms with van der Waals surface area (Å²) < 4.78 is 4.66. The minimum atomic E-state index is -0.624. The molecule has 14 heavy (non-hydrogen) atoms. The van der Waals surface area contributed by atoms with Crippen molar-refractivity contribution in [1.82, 2.24) is 0 Å². The van der Waals surface area contributed by atoms with Crippen LogP contribution in [0.1, 0.15) is 33.1 Å². The number of hydrogen-bond acceptors (Lipinski definition) is 3. The molecule has 76 valence electrons. The summed E-state index contributed by atoms with van der Waals surface area (Å²) in [6, 6.07) is 0. The Morgan fingerprint density at radius 1 is 1.36 bits per heavy atom. The maximum absolute atomic E-state index is 11.7. The average Bonchev–Trinajstić information content (AvgIpc) is 2.47. The Labute approximate surface area is 83.1 Å². The summed E-state index contributed by atoms with van der Waals surface area (Å²) >= 11 is 0. The average molecular weight is 194 g/mol. The summed E-state index contributed by atoms with van der Waals surface area (Å²) in [4.78, 5) is 22.8. The van der Waals surface area contributed by atoms with Gasteiger partial charge < -0.3 is 4.74 Å². The summed E-state index contributed by atoms with van der Waals surface area (Å²) in [7, 11) is 0. The Kier molecular flexibility index (Phi) is 1.66. The molecular formula is C11H14O3. The maximum atomic E-state index is 11.7. The highest BCUT2D eigenvalue weighted by Gasteiger charge is 2.62. The number of carbonyl (C=O) groups is 2. The standard InChI is InChI=1S/C11H14O3/c1-7-4-5-11(10(7,2)3)6-8(12)14-9(11)13/h1,4-6H2,2-3H3/t11-/m0/s1. The molecule has 1 atom stereocenters. The largest absolute Gasteiger partial charge is 0.393 e. The van der Waals surface area contributed by atoms with Crippen LogP contribution in [0.15, 0.2) is 12.2 Å². The third kappa shape index (κ3) is 0.873. The lowest BCUT2D eigenvalue weighted by molar-refractivity contribution is -0.156. The van der Waals surface area contributed by atoms with Crippen LogP contribution in [0.3, 0.4) is 0 Å². The van der Waals surface area contributed by atoms with E-state index in [9.17, 15) is 9.59 Å². The molecule has 0 aromatic rings. The lowest BCUT2D eigenvalue weighted by Gasteiger charge is -2.34. The molecule has 3 nitrogen and oxygen atoms in total. The zero-order valence-corrected chi connectivity index (χ0v) is 8.55. The van der Waals surface area contributed by atoms with Gasteiger partial charge in [0.1, 0.15) is 0 Å². The molecule has 1 heterocycles. The van der Waals surface area contributed by atoms with Gasteiger partial charge in [0.25, 0.3) is 0 Å². The predicted molar refractivity (Wildman–Crippen MR) is 50.3 cm³/mol. The van der Waals surface area contributed by atoms with E-state index in [1.165, 1.54) is 0 Å². The van der Waals surface area contributed by atoms with Crippen LogP contribution < -0.4 is 0 Å². The lowest BCUT2D eigenvalue weighted by Crippen LogP contribution is -2.37. The van der Waals surface area contributed by atoms with Crippen molar-refractivity contribution in [3.63, 3.8) is 0 Å². The van der Waals surface area contributed by atoms with Crippen molar-refractivity contribution in [2.24, 2.45) is 10.8 Å². The second-order valence-corrected chi connectivity index (χ2v) is 4.75. The number of hydrogen-bond donors (Lipinski definition) is 0. The molecule has 0 aromatic carbocycles. The molecule has 0 amide bonds. The van der Waals surface area contributed by atoms with E-state index in [1.54, 1.807) is 0 Å². The Bertz CT molecular complexity index is 340. The van der Waals surface area contributed by atoms with Crippen LogP contribution in [0.25, 0.3) is 0 Å². The van der Waals surface area contributed by atoms with Gasteiger partial charge in [-0.3, -0.25) is 9.59 Å². The van der Waals surface area contributed by atoms with Gasteiger partial charge in [0, 0.05) is 5.41 Å². The van der Waals surface area contributed by atoms with Crippen LogP contribution in [-0.2, 0) is 14.3 Å². The van der Waals surface area contributed by atoms with Gasteiger partial charge in [0.2, 0.25) is 0 Å². The summed E-state index contributed by atoms with van der Waals surface area (Å²) in [5.74, 6) is -0.746. The van der Waals surface area contributed by atoms with Gasteiger partial charge in [-0.05, 0) is 12.8 Å². The highest BCUT2D eigenvalue weighted by Crippen LogP contribution is 2.59. The van der Waals surface area contributed by atoms with Crippen molar-refractivity contribution in [2.45, 2.75) is 33.1 Å². The Balaban J connectivity index is 2.47. The van der Waals surface area contributed by atoms with Crippen LogP contribution in [0, 0.1) is 10.8 Å². The lowest BCUT2D eigenvalue weighted by atomic mass is 9.66. The maximum Gasteiger partial charge on any atom is 0.321 e. The van der Waals surface area contributed by atoms with Crippen molar-refractivity contribution in [1.29, 1.82) is 0 Å². The fourth-order valence-electron chi connectivity index (χ4n) is 2.55. The van der Waals surface area contributed by atoms with Gasteiger partial charge in [0.05, 0.1) is 11.8 Å². The molecule has 1 aliphatic heterocycles. The monoisotopic (exact) mass is 194 g/mol. The van der Waals surface area contributed by atoms with Crippen LogP contribution in [0.5, 0.6) is 0 Å². The zero-order valence-electron chi connectivity index (χ0n) is 8.55. The molecular weight excluding hydrogens is 180 g/mol. The quantitative estimate of drug-likeness (QED) is 0.335. The third-order valence-electron chi connectivity index (χ3n) is 3.98. The first-order valence-corrected chi connectivity index (χ1v) is 4.83. The smallest absolute Gasteiger partial charge is 0.321 e. The minimum Gasteiger partial charge on any atom is -0.393 e. The van der Waals surface area contributed by atoms with E-state index in [0.717, 1.165) is 12.0 Å². The molecule has 0 bridgehead atoms. The van der Waals surface area contributed by atoms with Crippen LogP contribution in [-0.4, -0.2) is 11.9 Å². The molecule has 0 N–H and O–H groups in total. The fourth-order valence-corrected chi connectivity index (χ4v) is 2.55. The number of rotatable bonds is 0. The van der Waals surface area contributed by atoms with E-state index in [1.807, 2.05) is 13.8 Å². The van der Waals surface area contributed by atoms with E-state index in [-0.39, 0.29) is 17.8 Å². The molecule has 1 spiro atoms. The molecule has 2 fully saturated rings. The Hall–Kier alpha value is -1.12. The summed E-state index contributed by atoms with van der Waals surface area (Å²) in [5.41, 5.74) is 0.112. The van der Waals surface area contributed by atoms with Crippen molar-refractivity contribution >= 4 is 11.9 Å². The Morgan fingerprint density at radius 3 is 2.36 bits per heavy atom. The third-order valence-corrected chi connectivity index (χ3v) is 3.98. The van der Waals surface area contributed by atoms with Crippen molar-refractivity contribution in [3.05, 3.63) is 12.2 Å². The van der Waals surface area contributed by atoms with Gasteiger partial charge in [0.15, 0.2) is 0 Å². The fraction of sp³-hybridized carbons (Fsp3) is 0.636. The highest BCUT2D eigenvalue weighted by molar-refractivity contribution is 5.98. The number of cyclic esters (lactones) is 2. The van der Waals surface area contributed by atoms with Gasteiger partial charge in [-0.15, -0.1) is 0 Å². The highest BCUT2D eigenvalue weighted by atomic mass is 16.6. The molecule has 0 aromatic heterocycles. The number of ether oxygens (including phenoxy) is 1. The van der Waals surface area contributed by atoms with Crippen molar-refractivity contribution in [3.8, 4) is 0 Å². The molecule has 2 rings (SSSR count). The van der Waals surface area contributed by atoms with E-state index in [2.05, 4.69) is 11.3 Å². The minimum absolute atomic E-state index is 0.220. The zero-order chi connectivity index (χ0) is 10.6. The molecule has 2 aliphatic rings. The molecule has 1 aliphatic carbocycles. The first kappa shape index (κ1) is 9.44. The molecule has 1 saturated carbocycles. The molecule has 0 unspecified atom stereocenters. The van der Waals surface area contributed by atoms with E-state index in [0.29, 0.717) is 6.42 Å². The van der Waals surface area contributed by atoms with E-state index < -0.39 is 11.4 Å². The molecule has 3 heteroatoms. The second-order valence-electron chi connectivity index (χ2n) is 4.75. The molecule has 0 radical (unpaired) electrons. The Morgan fingerprint density at radius 2 is 2.00 bits per heavy atom. The van der Waals surface area contributed by atoms with E-state index >= 15 is 0 Å². The normalized spacial score (nSPS) is 35.4.